The summed E-state index contributed by atoms with van der Waals surface area (Å²) in [6, 6.07) is 8.43. The number of hydrogen-bond acceptors (Lipinski definition) is 2. The largest absolute Gasteiger partial charge is 0.334 e. The zero-order valence-corrected chi connectivity index (χ0v) is 13.2. The van der Waals surface area contributed by atoms with Crippen LogP contribution in [0, 0.1) is 0 Å². The minimum atomic E-state index is -0.0782. The molecule has 0 bridgehead atoms. The highest BCUT2D eigenvalue weighted by Gasteiger charge is 2.20. The van der Waals surface area contributed by atoms with E-state index in [1.807, 2.05) is 12.4 Å². The van der Waals surface area contributed by atoms with Crippen LogP contribution in [0.25, 0.3) is 0 Å². The quantitative estimate of drug-likeness (QED) is 0.910. The van der Waals surface area contributed by atoms with Crippen LogP contribution in [0.3, 0.4) is 0 Å². The fraction of sp³-hybridized carbons (Fsp3) is 0.400. The van der Waals surface area contributed by atoms with Crippen LogP contribution in [0.5, 0.6) is 0 Å². The van der Waals surface area contributed by atoms with E-state index in [1.165, 1.54) is 5.56 Å². The summed E-state index contributed by atoms with van der Waals surface area (Å²) in [6.07, 6.45) is 3.87. The molecule has 19 heavy (non-hydrogen) atoms. The summed E-state index contributed by atoms with van der Waals surface area (Å²) in [5, 5.41) is 3.57. The fourth-order valence-corrected chi connectivity index (χ4v) is 2.33. The van der Waals surface area contributed by atoms with Gasteiger partial charge in [0.25, 0.3) is 0 Å². The first-order valence-corrected chi connectivity index (χ1v) is 7.33. The van der Waals surface area contributed by atoms with E-state index in [-0.39, 0.29) is 5.54 Å². The number of nitrogens with one attached hydrogen (secondary N) is 1. The molecule has 1 N–H and O–H groups in total. The molecule has 0 amide bonds. The van der Waals surface area contributed by atoms with Crippen LogP contribution in [0.2, 0.25) is 0 Å². The van der Waals surface area contributed by atoms with Gasteiger partial charge in [0.1, 0.15) is 5.82 Å². The van der Waals surface area contributed by atoms with Crippen molar-refractivity contribution in [1.29, 1.82) is 0 Å². The van der Waals surface area contributed by atoms with Gasteiger partial charge in [-0.05, 0) is 38.5 Å². The fourth-order valence-electron chi connectivity index (χ4n) is 2.06. The minimum Gasteiger partial charge on any atom is -0.334 e. The van der Waals surface area contributed by atoms with Crippen molar-refractivity contribution in [2.45, 2.75) is 39.4 Å². The van der Waals surface area contributed by atoms with E-state index in [4.69, 9.17) is 0 Å². The molecule has 0 saturated heterocycles. The summed E-state index contributed by atoms with van der Waals surface area (Å²) in [4.78, 5) is 4.39. The van der Waals surface area contributed by atoms with Crippen LogP contribution >= 0.6 is 15.9 Å². The van der Waals surface area contributed by atoms with Crippen LogP contribution in [0.1, 0.15) is 32.2 Å². The molecular formula is C15H20BrN3. The van der Waals surface area contributed by atoms with Crippen LogP contribution in [0.4, 0.5) is 0 Å². The number of aromatic nitrogens is 2. The normalized spacial score (nSPS) is 11.8. The molecule has 1 aromatic heterocycles. The Balaban J connectivity index is 2.07. The molecule has 0 fully saturated rings. The Bertz CT molecular complexity index is 529. The monoisotopic (exact) mass is 321 g/mol. The van der Waals surface area contributed by atoms with Gasteiger partial charge < -0.3 is 9.88 Å². The van der Waals surface area contributed by atoms with Crippen LogP contribution < -0.4 is 5.32 Å². The van der Waals surface area contributed by atoms with Crippen LogP contribution in [0.15, 0.2) is 41.1 Å². The molecule has 0 saturated carbocycles. The maximum absolute atomic E-state index is 4.39. The number of hydrogen-bond donors (Lipinski definition) is 1. The number of rotatable bonds is 5. The lowest BCUT2D eigenvalue weighted by molar-refractivity contribution is 0.390. The standard InChI is InChI=1S/C15H20BrN3/c1-4-19-10-9-17-14(19)11-18-15(2,3)12-5-7-13(16)8-6-12/h5-10,18H,4,11H2,1-3H3. The minimum absolute atomic E-state index is 0.0782. The van der Waals surface area contributed by atoms with Gasteiger partial charge in [0, 0.05) is 29.0 Å². The molecule has 0 radical (unpaired) electrons. The van der Waals surface area contributed by atoms with Crippen molar-refractivity contribution in [2.75, 3.05) is 0 Å². The van der Waals surface area contributed by atoms with Crippen molar-refractivity contribution < 1.29 is 0 Å². The van der Waals surface area contributed by atoms with Gasteiger partial charge in [-0.1, -0.05) is 28.1 Å². The smallest absolute Gasteiger partial charge is 0.122 e. The number of benzene rings is 1. The van der Waals surface area contributed by atoms with Crippen molar-refractivity contribution in [3.05, 3.63) is 52.5 Å². The van der Waals surface area contributed by atoms with Gasteiger partial charge >= 0.3 is 0 Å². The zero-order valence-electron chi connectivity index (χ0n) is 11.7. The van der Waals surface area contributed by atoms with E-state index in [9.17, 15) is 0 Å². The lowest BCUT2D eigenvalue weighted by Crippen LogP contribution is -2.36. The van der Waals surface area contributed by atoms with Crippen molar-refractivity contribution in [3.63, 3.8) is 0 Å². The summed E-state index contributed by atoms with van der Waals surface area (Å²) in [5.74, 6) is 1.08. The summed E-state index contributed by atoms with van der Waals surface area (Å²) < 4.78 is 3.26. The van der Waals surface area contributed by atoms with E-state index < -0.39 is 0 Å². The van der Waals surface area contributed by atoms with E-state index >= 15 is 0 Å². The van der Waals surface area contributed by atoms with Gasteiger partial charge in [-0.2, -0.15) is 0 Å². The Kier molecular flexibility index (Phi) is 4.42. The van der Waals surface area contributed by atoms with Gasteiger partial charge in [0.2, 0.25) is 0 Å². The molecule has 0 spiro atoms. The molecule has 2 rings (SSSR count). The Hall–Kier alpha value is -1.13. The maximum Gasteiger partial charge on any atom is 0.122 e. The third-order valence-electron chi connectivity index (χ3n) is 3.40. The maximum atomic E-state index is 4.39. The molecule has 0 unspecified atom stereocenters. The third kappa shape index (κ3) is 3.45. The SMILES string of the molecule is CCn1ccnc1CNC(C)(C)c1ccc(Br)cc1. The molecule has 0 aliphatic rings. The van der Waals surface area contributed by atoms with E-state index in [0.29, 0.717) is 0 Å². The number of aryl methyl sites for hydroxylation is 1. The lowest BCUT2D eigenvalue weighted by Gasteiger charge is -2.27. The molecule has 3 nitrogen and oxygen atoms in total. The van der Waals surface area contributed by atoms with Gasteiger partial charge in [-0.25, -0.2) is 4.98 Å². The predicted octanol–water partition coefficient (Wildman–Crippen LogP) is 3.69. The summed E-state index contributed by atoms with van der Waals surface area (Å²) in [6.45, 7) is 8.23. The number of imidazole rings is 1. The van der Waals surface area contributed by atoms with Gasteiger partial charge in [0.05, 0.1) is 6.54 Å². The van der Waals surface area contributed by atoms with E-state index in [1.54, 1.807) is 0 Å². The highest BCUT2D eigenvalue weighted by Crippen LogP contribution is 2.22. The molecule has 0 aliphatic carbocycles. The first-order valence-electron chi connectivity index (χ1n) is 6.54. The summed E-state index contributed by atoms with van der Waals surface area (Å²) in [5.41, 5.74) is 1.19. The Morgan fingerprint density at radius 1 is 1.26 bits per heavy atom. The molecule has 0 atom stereocenters. The van der Waals surface area contributed by atoms with Gasteiger partial charge in [-0.15, -0.1) is 0 Å². The lowest BCUT2D eigenvalue weighted by atomic mass is 9.94. The topological polar surface area (TPSA) is 29.9 Å². The van der Waals surface area contributed by atoms with Crippen molar-refractivity contribution in [3.8, 4) is 0 Å². The molecule has 2 aromatic rings. The second-order valence-electron chi connectivity index (χ2n) is 5.11. The molecule has 1 heterocycles. The van der Waals surface area contributed by atoms with Crippen LogP contribution in [-0.4, -0.2) is 9.55 Å². The second-order valence-corrected chi connectivity index (χ2v) is 6.03. The average Bonchev–Trinajstić information content (AvgIpc) is 2.84. The first-order chi connectivity index (χ1) is 9.03. The first kappa shape index (κ1) is 14.3. The van der Waals surface area contributed by atoms with Gasteiger partial charge in [-0.3, -0.25) is 0 Å². The highest BCUT2D eigenvalue weighted by molar-refractivity contribution is 9.10. The Morgan fingerprint density at radius 3 is 2.58 bits per heavy atom. The Morgan fingerprint density at radius 2 is 1.95 bits per heavy atom. The number of nitrogens with zero attached hydrogens (tertiary/aromatic N) is 2. The van der Waals surface area contributed by atoms with Crippen LogP contribution in [-0.2, 0) is 18.6 Å². The molecule has 0 aliphatic heterocycles. The molecule has 1 aromatic carbocycles. The average molecular weight is 322 g/mol. The number of halogens is 1. The highest BCUT2D eigenvalue weighted by atomic mass is 79.9. The van der Waals surface area contributed by atoms with Crippen molar-refractivity contribution in [2.24, 2.45) is 0 Å². The van der Waals surface area contributed by atoms with Gasteiger partial charge in [0.15, 0.2) is 0 Å². The molecule has 102 valence electrons. The second kappa shape index (κ2) is 5.88. The zero-order chi connectivity index (χ0) is 13.9. The Labute approximate surface area is 123 Å². The van der Waals surface area contributed by atoms with Crippen molar-refractivity contribution >= 4 is 15.9 Å². The van der Waals surface area contributed by atoms with Crippen molar-refractivity contribution in [1.82, 2.24) is 14.9 Å². The summed E-state index contributed by atoms with van der Waals surface area (Å²) in [7, 11) is 0. The summed E-state index contributed by atoms with van der Waals surface area (Å²) >= 11 is 3.47. The molecular weight excluding hydrogens is 302 g/mol. The molecule has 4 heteroatoms. The van der Waals surface area contributed by atoms with E-state index in [2.05, 4.69) is 75.8 Å². The van der Waals surface area contributed by atoms with E-state index in [0.717, 1.165) is 23.4 Å². The third-order valence-corrected chi connectivity index (χ3v) is 3.93. The predicted molar refractivity (Wildman–Crippen MR) is 81.9 cm³/mol.